The number of aromatic nitrogens is 3. The minimum absolute atomic E-state index is 0.737. The molecule has 3 aromatic carbocycles. The molecule has 134 valence electrons. The second-order valence-electron chi connectivity index (χ2n) is 6.15. The van der Waals surface area contributed by atoms with Gasteiger partial charge in [-0.3, -0.25) is 4.57 Å². The molecule has 0 spiro atoms. The summed E-state index contributed by atoms with van der Waals surface area (Å²) < 4.78 is 2.14. The molecule has 1 aromatic heterocycles. The molecule has 0 saturated carbocycles. The first-order chi connectivity index (χ1) is 13.3. The molecule has 4 rings (SSSR count). The highest BCUT2D eigenvalue weighted by atomic mass is 35.5. The van der Waals surface area contributed by atoms with E-state index in [1.54, 1.807) is 11.8 Å². The number of hydrogen-bond donors (Lipinski definition) is 0. The Morgan fingerprint density at radius 3 is 2.22 bits per heavy atom. The van der Waals surface area contributed by atoms with Crippen molar-refractivity contribution in [3.8, 4) is 5.69 Å². The Kier molecular flexibility index (Phi) is 5.56. The summed E-state index contributed by atoms with van der Waals surface area (Å²) in [5, 5.41) is 10.6. The van der Waals surface area contributed by atoms with Crippen LogP contribution in [0.3, 0.4) is 0 Å². The highest BCUT2D eigenvalue weighted by Gasteiger charge is 2.15. The zero-order valence-corrected chi connectivity index (χ0v) is 16.2. The number of hydrogen-bond acceptors (Lipinski definition) is 3. The second kappa shape index (κ2) is 8.42. The minimum atomic E-state index is 0.737. The van der Waals surface area contributed by atoms with Gasteiger partial charge in [0.05, 0.1) is 0 Å². The van der Waals surface area contributed by atoms with Crippen molar-refractivity contribution in [1.29, 1.82) is 0 Å². The van der Waals surface area contributed by atoms with Crippen LogP contribution in [0.1, 0.15) is 17.0 Å². The molecule has 0 radical (unpaired) electrons. The summed E-state index contributed by atoms with van der Waals surface area (Å²) in [6, 6.07) is 28.5. The van der Waals surface area contributed by atoms with Crippen molar-refractivity contribution in [2.75, 3.05) is 0 Å². The van der Waals surface area contributed by atoms with Gasteiger partial charge in [-0.25, -0.2) is 0 Å². The number of rotatable bonds is 6. The molecule has 0 unspecified atom stereocenters. The fourth-order valence-electron chi connectivity index (χ4n) is 2.90. The third-order valence-corrected chi connectivity index (χ3v) is 5.41. The molecule has 4 aromatic rings. The molecule has 0 atom stereocenters. The summed E-state index contributed by atoms with van der Waals surface area (Å²) in [5.41, 5.74) is 3.45. The topological polar surface area (TPSA) is 30.7 Å². The molecule has 3 nitrogen and oxygen atoms in total. The quantitative estimate of drug-likeness (QED) is 0.389. The smallest absolute Gasteiger partial charge is 0.196 e. The minimum Gasteiger partial charge on any atom is -0.274 e. The largest absolute Gasteiger partial charge is 0.274 e. The molecule has 0 amide bonds. The van der Waals surface area contributed by atoms with Crippen molar-refractivity contribution in [1.82, 2.24) is 14.8 Å². The Bertz CT molecular complexity index is 1020. The maximum absolute atomic E-state index is 6.11. The van der Waals surface area contributed by atoms with Gasteiger partial charge in [0.1, 0.15) is 5.82 Å². The van der Waals surface area contributed by atoms with E-state index >= 15 is 0 Å². The summed E-state index contributed by atoms with van der Waals surface area (Å²) >= 11 is 7.77. The van der Waals surface area contributed by atoms with Gasteiger partial charge in [0.15, 0.2) is 5.16 Å². The standard InChI is InChI=1S/C22H18ClN3S/c23-19-11-7-10-18(14-19)16-27-22-25-24-21(15-17-8-3-1-4-9-17)26(22)20-12-5-2-6-13-20/h1-14H,15-16H2. The molecule has 0 saturated heterocycles. The number of benzene rings is 3. The number of thioether (sulfide) groups is 1. The van der Waals surface area contributed by atoms with Gasteiger partial charge in [0, 0.05) is 22.9 Å². The predicted molar refractivity (Wildman–Crippen MR) is 112 cm³/mol. The van der Waals surface area contributed by atoms with Crippen LogP contribution in [0.15, 0.2) is 90.1 Å². The van der Waals surface area contributed by atoms with Crippen molar-refractivity contribution in [3.63, 3.8) is 0 Å². The van der Waals surface area contributed by atoms with Crippen LogP contribution in [0.4, 0.5) is 0 Å². The Labute approximate surface area is 168 Å². The van der Waals surface area contributed by atoms with Crippen LogP contribution in [0.2, 0.25) is 5.02 Å². The van der Waals surface area contributed by atoms with E-state index in [0.717, 1.165) is 33.9 Å². The van der Waals surface area contributed by atoms with Gasteiger partial charge in [-0.2, -0.15) is 0 Å². The van der Waals surface area contributed by atoms with Crippen molar-refractivity contribution >= 4 is 23.4 Å². The summed E-state index contributed by atoms with van der Waals surface area (Å²) in [4.78, 5) is 0. The predicted octanol–water partition coefficient (Wildman–Crippen LogP) is 5.80. The Hall–Kier alpha value is -2.56. The molecule has 0 aliphatic heterocycles. The lowest BCUT2D eigenvalue weighted by atomic mass is 10.1. The molecule has 0 aliphatic rings. The zero-order valence-electron chi connectivity index (χ0n) is 14.6. The SMILES string of the molecule is Clc1cccc(CSc2nnc(Cc3ccccc3)n2-c2ccccc2)c1. The summed E-state index contributed by atoms with van der Waals surface area (Å²) in [7, 11) is 0. The van der Waals surface area contributed by atoms with Crippen molar-refractivity contribution < 1.29 is 0 Å². The van der Waals surface area contributed by atoms with E-state index in [1.807, 2.05) is 54.6 Å². The highest BCUT2D eigenvalue weighted by Crippen LogP contribution is 2.27. The Balaban J connectivity index is 1.65. The fourth-order valence-corrected chi connectivity index (χ4v) is 4.02. The van der Waals surface area contributed by atoms with Crippen molar-refractivity contribution in [2.45, 2.75) is 17.3 Å². The number of para-hydroxylation sites is 1. The molecular formula is C22H18ClN3S. The van der Waals surface area contributed by atoms with Crippen LogP contribution in [0, 0.1) is 0 Å². The Morgan fingerprint density at radius 2 is 1.48 bits per heavy atom. The lowest BCUT2D eigenvalue weighted by Crippen LogP contribution is -2.03. The van der Waals surface area contributed by atoms with Crippen LogP contribution >= 0.6 is 23.4 Å². The lowest BCUT2D eigenvalue weighted by Gasteiger charge is -2.10. The van der Waals surface area contributed by atoms with Crippen molar-refractivity contribution in [3.05, 3.63) is 107 Å². The molecule has 0 fully saturated rings. The van der Waals surface area contributed by atoms with Crippen LogP contribution in [0.5, 0.6) is 0 Å². The number of halogens is 1. The third-order valence-electron chi connectivity index (χ3n) is 4.18. The summed E-state index contributed by atoms with van der Waals surface area (Å²) in [6.45, 7) is 0. The van der Waals surface area contributed by atoms with E-state index in [4.69, 9.17) is 11.6 Å². The van der Waals surface area contributed by atoms with Crippen LogP contribution in [-0.2, 0) is 12.2 Å². The fraction of sp³-hybridized carbons (Fsp3) is 0.0909. The van der Waals surface area contributed by atoms with E-state index in [9.17, 15) is 0 Å². The third kappa shape index (κ3) is 4.41. The first kappa shape index (κ1) is 17.8. The highest BCUT2D eigenvalue weighted by molar-refractivity contribution is 7.98. The van der Waals surface area contributed by atoms with Crippen LogP contribution < -0.4 is 0 Å². The average molecular weight is 392 g/mol. The van der Waals surface area contributed by atoms with Gasteiger partial charge >= 0.3 is 0 Å². The van der Waals surface area contributed by atoms with E-state index in [-0.39, 0.29) is 0 Å². The monoisotopic (exact) mass is 391 g/mol. The van der Waals surface area contributed by atoms with E-state index in [1.165, 1.54) is 11.1 Å². The normalized spacial score (nSPS) is 10.9. The maximum Gasteiger partial charge on any atom is 0.196 e. The zero-order chi connectivity index (χ0) is 18.5. The molecule has 5 heteroatoms. The molecule has 27 heavy (non-hydrogen) atoms. The van der Waals surface area contributed by atoms with Crippen LogP contribution in [0.25, 0.3) is 5.69 Å². The molecular weight excluding hydrogens is 374 g/mol. The average Bonchev–Trinajstić information content (AvgIpc) is 3.10. The molecule has 0 N–H and O–H groups in total. The first-order valence-corrected chi connectivity index (χ1v) is 10.1. The van der Waals surface area contributed by atoms with E-state index < -0.39 is 0 Å². The van der Waals surface area contributed by atoms with E-state index in [2.05, 4.69) is 45.1 Å². The van der Waals surface area contributed by atoms with Crippen molar-refractivity contribution in [2.24, 2.45) is 0 Å². The maximum atomic E-state index is 6.11. The molecule has 1 heterocycles. The Morgan fingerprint density at radius 1 is 0.778 bits per heavy atom. The van der Waals surface area contributed by atoms with Crippen LogP contribution in [-0.4, -0.2) is 14.8 Å². The van der Waals surface area contributed by atoms with Gasteiger partial charge in [0.2, 0.25) is 0 Å². The van der Waals surface area contributed by atoms with E-state index in [0.29, 0.717) is 0 Å². The summed E-state index contributed by atoms with van der Waals surface area (Å²) in [5.74, 6) is 1.72. The first-order valence-electron chi connectivity index (χ1n) is 8.70. The van der Waals surface area contributed by atoms with Gasteiger partial charge < -0.3 is 0 Å². The van der Waals surface area contributed by atoms with Gasteiger partial charge in [-0.15, -0.1) is 10.2 Å². The van der Waals surface area contributed by atoms with Gasteiger partial charge in [0.25, 0.3) is 0 Å². The van der Waals surface area contributed by atoms with Gasteiger partial charge in [-0.05, 0) is 35.4 Å². The molecule has 0 aliphatic carbocycles. The number of nitrogens with zero attached hydrogens (tertiary/aromatic N) is 3. The summed E-state index contributed by atoms with van der Waals surface area (Å²) in [6.07, 6.45) is 0.737. The van der Waals surface area contributed by atoms with Gasteiger partial charge in [-0.1, -0.05) is 84.0 Å². The molecule has 0 bridgehead atoms. The lowest BCUT2D eigenvalue weighted by molar-refractivity contribution is 0.848. The second-order valence-corrected chi connectivity index (χ2v) is 7.53.